The minimum Gasteiger partial charge on any atom is -0.455 e. The second-order valence-electron chi connectivity index (χ2n) is 4.71. The van der Waals surface area contributed by atoms with Gasteiger partial charge in [-0.25, -0.2) is 8.78 Å². The van der Waals surface area contributed by atoms with E-state index in [4.69, 9.17) is 27.9 Å². The van der Waals surface area contributed by atoms with Gasteiger partial charge in [-0.3, -0.25) is 9.59 Å². The van der Waals surface area contributed by atoms with Crippen LogP contribution in [-0.4, -0.2) is 18.5 Å². The lowest BCUT2D eigenvalue weighted by Gasteiger charge is -2.09. The summed E-state index contributed by atoms with van der Waals surface area (Å²) >= 11 is 11.9. The van der Waals surface area contributed by atoms with Crippen LogP contribution in [0.15, 0.2) is 36.4 Å². The highest BCUT2D eigenvalue weighted by Gasteiger charge is 2.14. The van der Waals surface area contributed by atoms with Crippen LogP contribution in [0.1, 0.15) is 5.56 Å². The molecule has 0 unspecified atom stereocenters. The van der Waals surface area contributed by atoms with Crippen LogP contribution in [0.3, 0.4) is 0 Å². The second-order valence-corrected chi connectivity index (χ2v) is 5.52. The second kappa shape index (κ2) is 8.08. The molecule has 8 heteroatoms. The molecule has 0 radical (unpaired) electrons. The molecule has 0 fully saturated rings. The van der Waals surface area contributed by atoms with Crippen LogP contribution < -0.4 is 5.32 Å². The maximum atomic E-state index is 13.4. The van der Waals surface area contributed by atoms with Gasteiger partial charge in [-0.05, 0) is 24.3 Å². The van der Waals surface area contributed by atoms with E-state index >= 15 is 0 Å². The van der Waals surface area contributed by atoms with Crippen molar-refractivity contribution in [2.75, 3.05) is 11.9 Å². The maximum absolute atomic E-state index is 13.4. The fraction of sp³-hybridized carbons (Fsp3) is 0.125. The van der Waals surface area contributed by atoms with Crippen LogP contribution in [0.5, 0.6) is 0 Å². The molecule has 0 aromatic heterocycles. The monoisotopic (exact) mass is 373 g/mol. The predicted molar refractivity (Wildman–Crippen MR) is 86.1 cm³/mol. The molecule has 0 aliphatic heterocycles. The molecule has 24 heavy (non-hydrogen) atoms. The number of halogens is 4. The Balaban J connectivity index is 1.88. The Hall–Kier alpha value is -2.18. The molecule has 126 valence electrons. The van der Waals surface area contributed by atoms with Crippen molar-refractivity contribution < 1.29 is 23.1 Å². The summed E-state index contributed by atoms with van der Waals surface area (Å²) in [7, 11) is 0. The van der Waals surface area contributed by atoms with Gasteiger partial charge in [0.05, 0.1) is 12.1 Å². The molecule has 0 heterocycles. The summed E-state index contributed by atoms with van der Waals surface area (Å²) in [5, 5.41) is 2.78. The van der Waals surface area contributed by atoms with E-state index in [9.17, 15) is 18.4 Å². The minimum absolute atomic E-state index is 0.212. The Morgan fingerprint density at radius 3 is 2.38 bits per heavy atom. The molecule has 0 saturated carbocycles. The number of carbonyl (C=O) groups is 2. The summed E-state index contributed by atoms with van der Waals surface area (Å²) in [6.45, 7) is -0.627. The number of hydrogen-bond acceptors (Lipinski definition) is 3. The van der Waals surface area contributed by atoms with Crippen LogP contribution >= 0.6 is 23.2 Å². The van der Waals surface area contributed by atoms with Gasteiger partial charge in [0, 0.05) is 21.7 Å². The summed E-state index contributed by atoms with van der Waals surface area (Å²) in [6, 6.07) is 7.45. The Labute approximate surface area is 146 Å². The summed E-state index contributed by atoms with van der Waals surface area (Å²) in [4.78, 5) is 23.4. The van der Waals surface area contributed by atoms with Gasteiger partial charge in [-0.15, -0.1) is 0 Å². The van der Waals surface area contributed by atoms with Gasteiger partial charge in [-0.2, -0.15) is 0 Å². The van der Waals surface area contributed by atoms with Crippen molar-refractivity contribution in [3.8, 4) is 0 Å². The Kier molecular flexibility index (Phi) is 6.11. The van der Waals surface area contributed by atoms with Crippen molar-refractivity contribution in [2.24, 2.45) is 0 Å². The molecule has 0 spiro atoms. The molecule has 4 nitrogen and oxygen atoms in total. The molecule has 0 atom stereocenters. The van der Waals surface area contributed by atoms with Gasteiger partial charge in [0.2, 0.25) is 0 Å². The van der Waals surface area contributed by atoms with E-state index in [0.717, 1.165) is 12.1 Å². The highest BCUT2D eigenvalue weighted by molar-refractivity contribution is 6.36. The third-order valence-electron chi connectivity index (χ3n) is 2.95. The highest BCUT2D eigenvalue weighted by atomic mass is 35.5. The lowest BCUT2D eigenvalue weighted by molar-refractivity contribution is -0.146. The van der Waals surface area contributed by atoms with Crippen LogP contribution in [0, 0.1) is 11.6 Å². The van der Waals surface area contributed by atoms with Crippen LogP contribution in [-0.2, 0) is 20.7 Å². The first kappa shape index (κ1) is 18.2. The van der Waals surface area contributed by atoms with E-state index in [1.165, 1.54) is 0 Å². The molecular weight excluding hydrogens is 363 g/mol. The number of esters is 1. The Bertz CT molecular complexity index is 764. The summed E-state index contributed by atoms with van der Waals surface area (Å²) in [5.74, 6) is -3.19. The van der Waals surface area contributed by atoms with Crippen LogP contribution in [0.4, 0.5) is 14.5 Å². The average Bonchev–Trinajstić information content (AvgIpc) is 2.52. The van der Waals surface area contributed by atoms with Crippen molar-refractivity contribution in [2.45, 2.75) is 6.42 Å². The van der Waals surface area contributed by atoms with Crippen molar-refractivity contribution in [1.82, 2.24) is 0 Å². The van der Waals surface area contributed by atoms with E-state index in [1.807, 2.05) is 0 Å². The minimum atomic E-state index is -0.933. The highest BCUT2D eigenvalue weighted by Crippen LogP contribution is 2.24. The van der Waals surface area contributed by atoms with Crippen molar-refractivity contribution >= 4 is 40.8 Å². The zero-order valence-electron chi connectivity index (χ0n) is 12.1. The number of anilines is 1. The van der Waals surface area contributed by atoms with Gasteiger partial charge in [0.15, 0.2) is 6.61 Å². The molecular formula is C16H11Cl2F2NO3. The molecule has 0 bridgehead atoms. The number of benzene rings is 2. The predicted octanol–water partition coefficient (Wildman–Crippen LogP) is 4.00. The average molecular weight is 374 g/mol. The van der Waals surface area contributed by atoms with Gasteiger partial charge >= 0.3 is 5.97 Å². The molecule has 2 aromatic carbocycles. The van der Waals surface area contributed by atoms with Gasteiger partial charge in [0.25, 0.3) is 5.91 Å². The number of ether oxygens (including phenoxy) is 1. The van der Waals surface area contributed by atoms with E-state index < -0.39 is 30.1 Å². The lowest BCUT2D eigenvalue weighted by Crippen LogP contribution is -2.22. The van der Waals surface area contributed by atoms with Gasteiger partial charge < -0.3 is 10.1 Å². The Morgan fingerprint density at radius 2 is 1.75 bits per heavy atom. The largest absolute Gasteiger partial charge is 0.455 e. The number of hydrogen-bond donors (Lipinski definition) is 1. The number of amides is 1. The summed E-state index contributed by atoms with van der Waals surface area (Å²) in [5.41, 5.74) is 0.169. The molecule has 0 aliphatic carbocycles. The molecule has 2 aromatic rings. The van der Waals surface area contributed by atoms with Crippen LogP contribution in [0.2, 0.25) is 10.0 Å². The first-order valence-electron chi connectivity index (χ1n) is 6.70. The van der Waals surface area contributed by atoms with Gasteiger partial charge in [0.1, 0.15) is 11.6 Å². The van der Waals surface area contributed by atoms with Gasteiger partial charge in [-0.1, -0.05) is 29.3 Å². The van der Waals surface area contributed by atoms with E-state index in [0.29, 0.717) is 21.7 Å². The normalized spacial score (nSPS) is 10.3. The van der Waals surface area contributed by atoms with Crippen molar-refractivity contribution in [1.29, 1.82) is 0 Å². The first-order valence-corrected chi connectivity index (χ1v) is 7.46. The first-order chi connectivity index (χ1) is 11.4. The number of carbonyl (C=O) groups excluding carboxylic acids is 2. The topological polar surface area (TPSA) is 55.4 Å². The number of nitrogens with one attached hydrogen (secondary N) is 1. The smallest absolute Gasteiger partial charge is 0.310 e. The SMILES string of the molecule is O=C(COC(=O)Cc1c(Cl)cccc1Cl)Nc1ccc(F)cc1F. The fourth-order valence-electron chi connectivity index (χ4n) is 1.82. The van der Waals surface area contributed by atoms with Crippen LogP contribution in [0.25, 0.3) is 0 Å². The third kappa shape index (κ3) is 4.91. The summed E-state index contributed by atoms with van der Waals surface area (Å²) in [6.07, 6.45) is -0.212. The third-order valence-corrected chi connectivity index (χ3v) is 3.66. The van der Waals surface area contributed by atoms with Crippen molar-refractivity contribution in [3.63, 3.8) is 0 Å². The lowest BCUT2D eigenvalue weighted by atomic mass is 10.1. The maximum Gasteiger partial charge on any atom is 0.310 e. The molecule has 0 saturated heterocycles. The fourth-order valence-corrected chi connectivity index (χ4v) is 2.35. The molecule has 1 amide bonds. The van der Waals surface area contributed by atoms with E-state index in [2.05, 4.69) is 5.32 Å². The quantitative estimate of drug-likeness (QED) is 0.806. The summed E-state index contributed by atoms with van der Waals surface area (Å²) < 4.78 is 31.0. The Morgan fingerprint density at radius 1 is 1.08 bits per heavy atom. The molecule has 0 aliphatic rings. The van der Waals surface area contributed by atoms with E-state index in [1.54, 1.807) is 18.2 Å². The van der Waals surface area contributed by atoms with Crippen molar-refractivity contribution in [3.05, 3.63) is 63.6 Å². The van der Waals surface area contributed by atoms with E-state index in [-0.39, 0.29) is 12.1 Å². The number of rotatable bonds is 5. The zero-order chi connectivity index (χ0) is 17.7. The molecule has 1 N–H and O–H groups in total. The zero-order valence-corrected chi connectivity index (χ0v) is 13.6. The molecule has 2 rings (SSSR count). The standard InChI is InChI=1S/C16H11Cl2F2NO3/c17-11-2-1-3-12(18)10(11)7-16(23)24-8-15(22)21-14-5-4-9(19)6-13(14)20/h1-6H,7-8H2,(H,21,22).